The number of amides is 1. The van der Waals surface area contributed by atoms with E-state index in [0.717, 1.165) is 36.8 Å². The van der Waals surface area contributed by atoms with Gasteiger partial charge in [-0.1, -0.05) is 25.1 Å². The molecule has 4 nitrogen and oxygen atoms in total. The Labute approximate surface area is 112 Å². The van der Waals surface area contributed by atoms with E-state index in [0.29, 0.717) is 11.6 Å². The Bertz CT molecular complexity index is 603. The highest BCUT2D eigenvalue weighted by Gasteiger charge is 2.22. The number of benzene rings is 1. The smallest absolute Gasteiger partial charge is 0.274 e. The Morgan fingerprint density at radius 1 is 1.21 bits per heavy atom. The topological polar surface area (TPSA) is 46.1 Å². The molecule has 1 saturated heterocycles. The van der Waals surface area contributed by atoms with Gasteiger partial charge in [0.1, 0.15) is 0 Å². The molecule has 1 fully saturated rings. The van der Waals surface area contributed by atoms with Gasteiger partial charge >= 0.3 is 0 Å². The van der Waals surface area contributed by atoms with Crippen LogP contribution >= 0.6 is 0 Å². The molecule has 4 heteroatoms. The number of fused-ring (bicyclic) bond motifs is 1. The highest BCUT2D eigenvalue weighted by molar-refractivity contribution is 5.95. The van der Waals surface area contributed by atoms with E-state index in [-0.39, 0.29) is 5.91 Å². The van der Waals surface area contributed by atoms with E-state index < -0.39 is 0 Å². The standard InChI is InChI=1S/C15H17N3O/c1-11-6-8-18(9-7-11)15(19)14-10-12-4-2-3-5-13(12)16-17-14/h2-5,10-11H,6-9H2,1H3. The number of hydrogen-bond donors (Lipinski definition) is 0. The van der Waals surface area contributed by atoms with E-state index in [1.165, 1.54) is 0 Å². The van der Waals surface area contributed by atoms with E-state index in [4.69, 9.17) is 0 Å². The molecule has 0 N–H and O–H groups in total. The number of likely N-dealkylation sites (tertiary alicyclic amines) is 1. The van der Waals surface area contributed by atoms with Crippen LogP contribution in [0.3, 0.4) is 0 Å². The average molecular weight is 255 g/mol. The monoisotopic (exact) mass is 255 g/mol. The first-order chi connectivity index (χ1) is 9.24. The summed E-state index contributed by atoms with van der Waals surface area (Å²) in [5.74, 6) is 0.719. The van der Waals surface area contributed by atoms with Gasteiger partial charge in [-0.2, -0.15) is 0 Å². The third-order valence-corrected chi connectivity index (χ3v) is 3.78. The van der Waals surface area contributed by atoms with Crippen molar-refractivity contribution in [3.63, 3.8) is 0 Å². The summed E-state index contributed by atoms with van der Waals surface area (Å²) in [5.41, 5.74) is 1.28. The van der Waals surface area contributed by atoms with Gasteiger partial charge in [-0.05, 0) is 30.9 Å². The van der Waals surface area contributed by atoms with Gasteiger partial charge in [-0.15, -0.1) is 10.2 Å². The van der Waals surface area contributed by atoms with E-state index in [2.05, 4.69) is 17.1 Å². The Hall–Kier alpha value is -1.97. The molecule has 98 valence electrons. The summed E-state index contributed by atoms with van der Waals surface area (Å²) >= 11 is 0. The number of carbonyl (C=O) groups is 1. The van der Waals surface area contributed by atoms with E-state index in [9.17, 15) is 4.79 Å². The summed E-state index contributed by atoms with van der Waals surface area (Å²) in [6.07, 6.45) is 2.15. The molecule has 0 radical (unpaired) electrons. The number of aromatic nitrogens is 2. The lowest BCUT2D eigenvalue weighted by Crippen LogP contribution is -2.38. The van der Waals surface area contributed by atoms with E-state index in [1.54, 1.807) is 0 Å². The summed E-state index contributed by atoms with van der Waals surface area (Å²) in [6.45, 7) is 3.89. The third-order valence-electron chi connectivity index (χ3n) is 3.78. The maximum atomic E-state index is 12.4. The lowest BCUT2D eigenvalue weighted by molar-refractivity contribution is 0.0690. The second kappa shape index (κ2) is 4.96. The lowest BCUT2D eigenvalue weighted by Gasteiger charge is -2.29. The van der Waals surface area contributed by atoms with Gasteiger partial charge in [-0.3, -0.25) is 4.79 Å². The van der Waals surface area contributed by atoms with Crippen molar-refractivity contribution in [2.45, 2.75) is 19.8 Å². The fourth-order valence-electron chi connectivity index (χ4n) is 2.46. The molecule has 1 aromatic heterocycles. The Morgan fingerprint density at radius 2 is 1.95 bits per heavy atom. The molecule has 1 aliphatic rings. The summed E-state index contributed by atoms with van der Waals surface area (Å²) in [5, 5.41) is 9.14. The molecular weight excluding hydrogens is 238 g/mol. The fourth-order valence-corrected chi connectivity index (χ4v) is 2.46. The van der Waals surface area contributed by atoms with Crippen molar-refractivity contribution in [3.8, 4) is 0 Å². The molecule has 2 aromatic rings. The number of hydrogen-bond acceptors (Lipinski definition) is 3. The molecule has 0 bridgehead atoms. The zero-order valence-corrected chi connectivity index (χ0v) is 11.0. The summed E-state index contributed by atoms with van der Waals surface area (Å²) in [7, 11) is 0. The van der Waals surface area contributed by atoms with Gasteiger partial charge in [0.05, 0.1) is 5.52 Å². The van der Waals surface area contributed by atoms with Crippen molar-refractivity contribution in [3.05, 3.63) is 36.0 Å². The van der Waals surface area contributed by atoms with Gasteiger partial charge in [0.15, 0.2) is 5.69 Å². The zero-order chi connectivity index (χ0) is 13.2. The summed E-state index contributed by atoms with van der Waals surface area (Å²) in [6, 6.07) is 9.56. The molecule has 2 heterocycles. The predicted molar refractivity (Wildman–Crippen MR) is 73.8 cm³/mol. The maximum Gasteiger partial charge on any atom is 0.274 e. The van der Waals surface area contributed by atoms with Crippen LogP contribution in [0.25, 0.3) is 10.9 Å². The molecule has 0 saturated carbocycles. The quantitative estimate of drug-likeness (QED) is 0.786. The van der Waals surface area contributed by atoms with Crippen molar-refractivity contribution in [2.24, 2.45) is 5.92 Å². The summed E-state index contributed by atoms with van der Waals surface area (Å²) in [4.78, 5) is 14.3. The average Bonchev–Trinajstić information content (AvgIpc) is 2.47. The van der Waals surface area contributed by atoms with Crippen LogP contribution in [-0.4, -0.2) is 34.1 Å². The van der Waals surface area contributed by atoms with Crippen LogP contribution < -0.4 is 0 Å². The number of piperidine rings is 1. The molecule has 1 aromatic carbocycles. The predicted octanol–water partition coefficient (Wildman–Crippen LogP) is 2.50. The van der Waals surface area contributed by atoms with Crippen molar-refractivity contribution < 1.29 is 4.79 Å². The van der Waals surface area contributed by atoms with Crippen molar-refractivity contribution in [1.29, 1.82) is 0 Å². The largest absolute Gasteiger partial charge is 0.337 e. The van der Waals surface area contributed by atoms with Gasteiger partial charge in [0.25, 0.3) is 5.91 Å². The zero-order valence-electron chi connectivity index (χ0n) is 11.0. The van der Waals surface area contributed by atoms with Crippen molar-refractivity contribution in [2.75, 3.05) is 13.1 Å². The highest BCUT2D eigenvalue weighted by atomic mass is 16.2. The lowest BCUT2D eigenvalue weighted by atomic mass is 9.99. The minimum atomic E-state index is 0.00477. The first-order valence-electron chi connectivity index (χ1n) is 6.76. The molecule has 0 spiro atoms. The number of rotatable bonds is 1. The normalized spacial score (nSPS) is 16.8. The van der Waals surface area contributed by atoms with Crippen LogP contribution in [0.4, 0.5) is 0 Å². The molecule has 1 aliphatic heterocycles. The number of carbonyl (C=O) groups excluding carboxylic acids is 1. The van der Waals surface area contributed by atoms with Crippen LogP contribution in [0.1, 0.15) is 30.3 Å². The molecule has 0 unspecified atom stereocenters. The van der Waals surface area contributed by atoms with E-state index in [1.807, 2.05) is 35.2 Å². The van der Waals surface area contributed by atoms with Crippen LogP contribution in [-0.2, 0) is 0 Å². The van der Waals surface area contributed by atoms with Gasteiger partial charge < -0.3 is 4.90 Å². The number of nitrogens with zero attached hydrogens (tertiary/aromatic N) is 3. The van der Waals surface area contributed by atoms with Crippen LogP contribution in [0.2, 0.25) is 0 Å². The molecule has 3 rings (SSSR count). The Kier molecular flexibility index (Phi) is 3.15. The van der Waals surface area contributed by atoms with Crippen LogP contribution in [0.5, 0.6) is 0 Å². The first-order valence-corrected chi connectivity index (χ1v) is 6.76. The van der Waals surface area contributed by atoms with E-state index >= 15 is 0 Å². The Morgan fingerprint density at radius 3 is 2.74 bits per heavy atom. The molecule has 0 atom stereocenters. The van der Waals surface area contributed by atoms with Crippen molar-refractivity contribution >= 4 is 16.8 Å². The van der Waals surface area contributed by atoms with Gasteiger partial charge in [0.2, 0.25) is 0 Å². The molecule has 0 aliphatic carbocycles. The molecule has 19 heavy (non-hydrogen) atoms. The van der Waals surface area contributed by atoms with Gasteiger partial charge in [0, 0.05) is 18.5 Å². The summed E-state index contributed by atoms with van der Waals surface area (Å²) < 4.78 is 0. The maximum absolute atomic E-state index is 12.4. The van der Waals surface area contributed by atoms with Crippen molar-refractivity contribution in [1.82, 2.24) is 15.1 Å². The minimum absolute atomic E-state index is 0.00477. The minimum Gasteiger partial charge on any atom is -0.337 e. The van der Waals surface area contributed by atoms with Crippen LogP contribution in [0.15, 0.2) is 30.3 Å². The third kappa shape index (κ3) is 2.43. The molecule has 1 amide bonds. The molecular formula is C15H17N3O. The highest BCUT2D eigenvalue weighted by Crippen LogP contribution is 2.18. The fraction of sp³-hybridized carbons (Fsp3) is 0.400. The Balaban J connectivity index is 1.85. The second-order valence-corrected chi connectivity index (χ2v) is 5.26. The second-order valence-electron chi connectivity index (χ2n) is 5.26. The van der Waals surface area contributed by atoms with Gasteiger partial charge in [-0.25, -0.2) is 0 Å². The first kappa shape index (κ1) is 12.1. The van der Waals surface area contributed by atoms with Crippen LogP contribution in [0, 0.1) is 5.92 Å². The SMILES string of the molecule is CC1CCN(C(=O)c2cc3ccccc3nn2)CC1.